The molecule has 1 fully saturated rings. The zero-order valence-corrected chi connectivity index (χ0v) is 14.8. The monoisotopic (exact) mass is 349 g/mol. The van der Waals surface area contributed by atoms with E-state index >= 15 is 0 Å². The number of anilines is 2. The molecule has 0 atom stereocenters. The van der Waals surface area contributed by atoms with Gasteiger partial charge in [0.05, 0.1) is 0 Å². The Morgan fingerprint density at radius 3 is 2.19 bits per heavy atom. The molecule has 2 amide bonds. The van der Waals surface area contributed by atoms with Gasteiger partial charge in [0.1, 0.15) is 0 Å². The Balaban J connectivity index is 1.42. The number of hydrogen-bond acceptors (Lipinski definition) is 3. The second-order valence-corrected chi connectivity index (χ2v) is 6.80. The van der Waals surface area contributed by atoms with Crippen LogP contribution in [0.5, 0.6) is 0 Å². The van der Waals surface area contributed by atoms with Crippen LogP contribution in [0.1, 0.15) is 12.0 Å². The number of carbonyl (C=O) groups excluding carboxylic acids is 2. The van der Waals surface area contributed by atoms with E-state index in [0.29, 0.717) is 19.6 Å². The summed E-state index contributed by atoms with van der Waals surface area (Å²) in [6.07, 6.45) is 1.86. The van der Waals surface area contributed by atoms with Crippen LogP contribution in [0.2, 0.25) is 0 Å². The molecule has 5 heteroatoms. The fourth-order valence-corrected chi connectivity index (χ4v) is 3.80. The third kappa shape index (κ3) is 3.17. The van der Waals surface area contributed by atoms with Crippen molar-refractivity contribution in [1.82, 2.24) is 4.90 Å². The van der Waals surface area contributed by atoms with Crippen molar-refractivity contribution in [3.63, 3.8) is 0 Å². The Morgan fingerprint density at radius 2 is 1.42 bits per heavy atom. The van der Waals surface area contributed by atoms with Crippen LogP contribution < -0.4 is 9.80 Å². The van der Waals surface area contributed by atoms with Gasteiger partial charge in [-0.05, 0) is 36.6 Å². The van der Waals surface area contributed by atoms with E-state index in [1.807, 2.05) is 42.5 Å². The number of aryl methyl sites for hydroxylation is 1. The second kappa shape index (κ2) is 7.20. The fraction of sp³-hybridized carbons (Fsp3) is 0.333. The zero-order valence-electron chi connectivity index (χ0n) is 14.8. The second-order valence-electron chi connectivity index (χ2n) is 6.80. The van der Waals surface area contributed by atoms with Crippen LogP contribution in [-0.4, -0.2) is 49.4 Å². The summed E-state index contributed by atoms with van der Waals surface area (Å²) in [5.74, 6) is -0.778. The number of fused-ring (bicyclic) bond motifs is 1. The van der Waals surface area contributed by atoms with E-state index in [-0.39, 0.29) is 5.91 Å². The third-order valence-electron chi connectivity index (χ3n) is 5.23. The number of hydrogen-bond donors (Lipinski definition) is 0. The van der Waals surface area contributed by atoms with Crippen molar-refractivity contribution >= 4 is 23.2 Å². The molecule has 2 aliphatic heterocycles. The van der Waals surface area contributed by atoms with Crippen LogP contribution in [0.3, 0.4) is 0 Å². The third-order valence-corrected chi connectivity index (χ3v) is 5.23. The summed E-state index contributed by atoms with van der Waals surface area (Å²) < 4.78 is 0. The lowest BCUT2D eigenvalue weighted by atomic mass is 10.0. The van der Waals surface area contributed by atoms with E-state index < -0.39 is 5.91 Å². The molecule has 0 aliphatic carbocycles. The lowest BCUT2D eigenvalue weighted by Crippen LogP contribution is -2.54. The van der Waals surface area contributed by atoms with Crippen LogP contribution in [0.15, 0.2) is 54.6 Å². The molecule has 26 heavy (non-hydrogen) atoms. The number of benzene rings is 2. The fourth-order valence-electron chi connectivity index (χ4n) is 3.80. The first-order valence-electron chi connectivity index (χ1n) is 9.23. The summed E-state index contributed by atoms with van der Waals surface area (Å²) in [6, 6.07) is 18.1. The minimum Gasteiger partial charge on any atom is -0.368 e. The van der Waals surface area contributed by atoms with Gasteiger partial charge in [0, 0.05) is 44.1 Å². The van der Waals surface area contributed by atoms with Gasteiger partial charge in [-0.1, -0.05) is 36.4 Å². The molecule has 4 rings (SSSR count). The van der Waals surface area contributed by atoms with Gasteiger partial charge in [-0.2, -0.15) is 0 Å². The van der Waals surface area contributed by atoms with Crippen LogP contribution in [0, 0.1) is 0 Å². The predicted molar refractivity (Wildman–Crippen MR) is 102 cm³/mol. The van der Waals surface area contributed by atoms with Gasteiger partial charge in [-0.25, -0.2) is 0 Å². The normalized spacial score (nSPS) is 17.0. The van der Waals surface area contributed by atoms with Gasteiger partial charge in [0.25, 0.3) is 0 Å². The van der Waals surface area contributed by atoms with Gasteiger partial charge >= 0.3 is 11.8 Å². The number of piperazine rings is 1. The van der Waals surface area contributed by atoms with Crippen molar-refractivity contribution in [2.75, 3.05) is 42.5 Å². The quantitative estimate of drug-likeness (QED) is 0.742. The van der Waals surface area contributed by atoms with Crippen LogP contribution in [-0.2, 0) is 16.0 Å². The molecule has 2 aliphatic rings. The molecular weight excluding hydrogens is 326 g/mol. The van der Waals surface area contributed by atoms with Gasteiger partial charge in [-0.15, -0.1) is 0 Å². The average molecular weight is 349 g/mol. The van der Waals surface area contributed by atoms with Crippen LogP contribution >= 0.6 is 0 Å². The first kappa shape index (κ1) is 16.6. The summed E-state index contributed by atoms with van der Waals surface area (Å²) in [7, 11) is 0. The van der Waals surface area contributed by atoms with Crippen LogP contribution in [0.4, 0.5) is 11.4 Å². The highest BCUT2D eigenvalue weighted by molar-refractivity contribution is 6.40. The summed E-state index contributed by atoms with van der Waals surface area (Å²) in [4.78, 5) is 31.2. The molecule has 0 bridgehead atoms. The van der Waals surface area contributed by atoms with E-state index in [4.69, 9.17) is 0 Å². The van der Waals surface area contributed by atoms with Crippen molar-refractivity contribution in [3.8, 4) is 0 Å². The molecule has 2 heterocycles. The zero-order chi connectivity index (χ0) is 17.9. The number of amides is 2. The molecule has 5 nitrogen and oxygen atoms in total. The Bertz CT molecular complexity index is 798. The molecule has 134 valence electrons. The lowest BCUT2D eigenvalue weighted by molar-refractivity contribution is -0.144. The molecule has 0 aromatic heterocycles. The topological polar surface area (TPSA) is 43.9 Å². The maximum absolute atomic E-state index is 12.8. The molecule has 0 unspecified atom stereocenters. The smallest absolute Gasteiger partial charge is 0.316 e. The minimum absolute atomic E-state index is 0.380. The summed E-state index contributed by atoms with van der Waals surface area (Å²) in [5.41, 5.74) is 3.20. The maximum atomic E-state index is 12.8. The molecular formula is C21H23N3O2. The molecule has 0 radical (unpaired) electrons. The lowest BCUT2D eigenvalue weighted by Gasteiger charge is -2.37. The number of carbonyl (C=O) groups is 2. The number of rotatable bonds is 1. The van der Waals surface area contributed by atoms with Crippen molar-refractivity contribution in [2.45, 2.75) is 12.8 Å². The Morgan fingerprint density at radius 1 is 0.731 bits per heavy atom. The highest BCUT2D eigenvalue weighted by Gasteiger charge is 2.32. The molecule has 2 aromatic rings. The molecule has 1 saturated heterocycles. The minimum atomic E-state index is -0.398. The van der Waals surface area contributed by atoms with E-state index in [2.05, 4.69) is 17.0 Å². The van der Waals surface area contributed by atoms with E-state index in [1.54, 1.807) is 9.80 Å². The Hall–Kier alpha value is -2.82. The van der Waals surface area contributed by atoms with Crippen molar-refractivity contribution in [1.29, 1.82) is 0 Å². The van der Waals surface area contributed by atoms with E-state index in [0.717, 1.165) is 42.9 Å². The van der Waals surface area contributed by atoms with Gasteiger partial charge in [0.2, 0.25) is 0 Å². The standard InChI is InChI=1S/C21H23N3O2/c25-20(21(26)24-12-6-8-17-7-4-5-11-19(17)24)23-15-13-22(14-16-23)18-9-2-1-3-10-18/h1-5,7,9-11H,6,8,12-16H2. The largest absolute Gasteiger partial charge is 0.368 e. The van der Waals surface area contributed by atoms with Gasteiger partial charge < -0.3 is 14.7 Å². The van der Waals surface area contributed by atoms with Crippen molar-refractivity contribution < 1.29 is 9.59 Å². The highest BCUT2D eigenvalue weighted by atomic mass is 16.2. The highest BCUT2D eigenvalue weighted by Crippen LogP contribution is 2.27. The van der Waals surface area contributed by atoms with Crippen LogP contribution in [0.25, 0.3) is 0 Å². The predicted octanol–water partition coefficient (Wildman–Crippen LogP) is 2.31. The van der Waals surface area contributed by atoms with Gasteiger partial charge in [-0.3, -0.25) is 9.59 Å². The van der Waals surface area contributed by atoms with Gasteiger partial charge in [0.15, 0.2) is 0 Å². The molecule has 0 N–H and O–H groups in total. The molecule has 0 saturated carbocycles. The SMILES string of the molecule is O=C(C(=O)N1CCCc2ccccc21)N1CCN(c2ccccc2)CC1. The van der Waals surface area contributed by atoms with E-state index in [1.165, 1.54) is 0 Å². The Kier molecular flexibility index (Phi) is 4.61. The average Bonchev–Trinajstić information content (AvgIpc) is 2.73. The molecule has 0 spiro atoms. The number of para-hydroxylation sites is 2. The number of nitrogens with zero attached hydrogens (tertiary/aromatic N) is 3. The first-order valence-corrected chi connectivity index (χ1v) is 9.23. The van der Waals surface area contributed by atoms with E-state index in [9.17, 15) is 9.59 Å². The van der Waals surface area contributed by atoms with Crippen molar-refractivity contribution in [3.05, 3.63) is 60.2 Å². The first-order chi connectivity index (χ1) is 12.7. The Labute approximate surface area is 153 Å². The summed E-state index contributed by atoms with van der Waals surface area (Å²) in [5, 5.41) is 0. The van der Waals surface area contributed by atoms with Crippen molar-refractivity contribution in [2.24, 2.45) is 0 Å². The summed E-state index contributed by atoms with van der Waals surface area (Å²) >= 11 is 0. The summed E-state index contributed by atoms with van der Waals surface area (Å²) in [6.45, 7) is 3.27. The maximum Gasteiger partial charge on any atom is 0.316 e. The molecule has 2 aromatic carbocycles.